The molecule has 0 fully saturated rings. The number of methoxy groups -OCH3 is 1. The molecule has 3 N–H and O–H groups in total. The van der Waals surface area contributed by atoms with Gasteiger partial charge >= 0.3 is 0 Å². The Balaban J connectivity index is 2.36. The van der Waals surface area contributed by atoms with Crippen molar-refractivity contribution >= 4 is 43.2 Å². The normalized spacial score (nSPS) is 12.0. The van der Waals surface area contributed by atoms with Gasteiger partial charge < -0.3 is 14.6 Å². The van der Waals surface area contributed by atoms with Crippen molar-refractivity contribution in [2.24, 2.45) is 0 Å². The van der Waals surface area contributed by atoms with Crippen LogP contribution >= 0.6 is 11.6 Å². The molecule has 2 rings (SSSR count). The topological polar surface area (TPSA) is 136 Å². The van der Waals surface area contributed by atoms with Gasteiger partial charge in [0.2, 0.25) is 26.0 Å². The lowest BCUT2D eigenvalue weighted by molar-refractivity contribution is -0.116. The molecule has 0 unspecified atom stereocenters. The Kier molecular flexibility index (Phi) is 6.72. The number of anilines is 1. The molecular formula is C15H19ClN4O6S2. The van der Waals surface area contributed by atoms with Gasteiger partial charge in [0.1, 0.15) is 22.1 Å². The van der Waals surface area contributed by atoms with Crippen molar-refractivity contribution in [3.63, 3.8) is 0 Å². The largest absolute Gasteiger partial charge is 0.495 e. The monoisotopic (exact) mass is 450 g/mol. The van der Waals surface area contributed by atoms with Crippen molar-refractivity contribution in [2.75, 3.05) is 26.5 Å². The first-order chi connectivity index (χ1) is 13.0. The van der Waals surface area contributed by atoms with E-state index in [9.17, 15) is 21.6 Å². The van der Waals surface area contributed by atoms with E-state index in [0.717, 1.165) is 31.1 Å². The number of hydrogen-bond donors (Lipinski definition) is 3. The number of aromatic nitrogens is 1. The van der Waals surface area contributed by atoms with E-state index >= 15 is 0 Å². The van der Waals surface area contributed by atoms with Crippen molar-refractivity contribution < 1.29 is 26.4 Å². The zero-order chi connectivity index (χ0) is 21.1. The molecule has 13 heteroatoms. The maximum absolute atomic E-state index is 12.4. The number of nitrogens with zero attached hydrogens (tertiary/aromatic N) is 1. The Labute approximate surface area is 167 Å². The molecule has 1 aromatic heterocycles. The van der Waals surface area contributed by atoms with E-state index in [1.807, 2.05) is 0 Å². The van der Waals surface area contributed by atoms with Crippen molar-refractivity contribution in [2.45, 2.75) is 16.3 Å². The third-order valence-corrected chi connectivity index (χ3v) is 6.94. The molecule has 28 heavy (non-hydrogen) atoms. The highest BCUT2D eigenvalue weighted by Crippen LogP contribution is 2.28. The lowest BCUT2D eigenvalue weighted by Gasteiger charge is -2.11. The van der Waals surface area contributed by atoms with Crippen LogP contribution in [0.1, 0.15) is 0 Å². The van der Waals surface area contributed by atoms with Crippen molar-refractivity contribution in [1.29, 1.82) is 0 Å². The van der Waals surface area contributed by atoms with E-state index in [4.69, 9.17) is 16.3 Å². The van der Waals surface area contributed by atoms with Crippen molar-refractivity contribution in [3.8, 4) is 5.75 Å². The maximum Gasteiger partial charge on any atom is 0.244 e. The van der Waals surface area contributed by atoms with Crippen molar-refractivity contribution in [3.05, 3.63) is 35.6 Å². The summed E-state index contributed by atoms with van der Waals surface area (Å²) in [6.07, 6.45) is 2.12. The lowest BCUT2D eigenvalue weighted by Crippen LogP contribution is -2.24. The predicted molar refractivity (Wildman–Crippen MR) is 104 cm³/mol. The van der Waals surface area contributed by atoms with E-state index in [0.29, 0.717) is 16.5 Å². The Bertz CT molecular complexity index is 1040. The molecule has 0 spiro atoms. The van der Waals surface area contributed by atoms with Crippen LogP contribution in [0.15, 0.2) is 40.4 Å². The number of hydrogen-bond acceptors (Lipinski definition) is 6. The number of benzene rings is 1. The van der Waals surface area contributed by atoms with Gasteiger partial charge in [-0.15, -0.1) is 0 Å². The number of sulfonamides is 2. The Morgan fingerprint density at radius 1 is 1.07 bits per heavy atom. The van der Waals surface area contributed by atoms with Crippen LogP contribution < -0.4 is 19.5 Å². The van der Waals surface area contributed by atoms with E-state index in [1.54, 1.807) is 12.1 Å². The second-order valence-corrected chi connectivity index (χ2v) is 9.61. The zero-order valence-corrected chi connectivity index (χ0v) is 17.6. The highest BCUT2D eigenvalue weighted by molar-refractivity contribution is 7.92. The van der Waals surface area contributed by atoms with E-state index in [1.165, 1.54) is 13.2 Å². The molecule has 1 heterocycles. The molecule has 1 aromatic carbocycles. The summed E-state index contributed by atoms with van der Waals surface area (Å²) in [6, 6.07) is 4.65. The van der Waals surface area contributed by atoms with Gasteiger partial charge in [-0.1, -0.05) is 11.6 Å². The molecule has 1 amide bonds. The summed E-state index contributed by atoms with van der Waals surface area (Å²) in [5.74, 6) is -0.167. The molecule has 10 nitrogen and oxygen atoms in total. The number of halogens is 1. The summed E-state index contributed by atoms with van der Waals surface area (Å²) in [4.78, 5) is 11.4. The highest BCUT2D eigenvalue weighted by atomic mass is 35.5. The number of ether oxygens (including phenoxy) is 1. The Hall–Kier alpha value is -2.12. The van der Waals surface area contributed by atoms with E-state index in [-0.39, 0.29) is 6.54 Å². The van der Waals surface area contributed by atoms with Crippen LogP contribution in [-0.2, 0) is 31.4 Å². The minimum Gasteiger partial charge on any atom is -0.495 e. The second kappa shape index (κ2) is 8.49. The van der Waals surface area contributed by atoms with Gasteiger partial charge in [-0.2, -0.15) is 0 Å². The molecule has 0 radical (unpaired) electrons. The van der Waals surface area contributed by atoms with Gasteiger partial charge in [-0.25, -0.2) is 26.3 Å². The van der Waals surface area contributed by atoms with Crippen LogP contribution in [0.2, 0.25) is 5.02 Å². The third kappa shape index (κ3) is 4.83. The molecule has 0 aliphatic carbocycles. The summed E-state index contributed by atoms with van der Waals surface area (Å²) in [5, 5.41) is 2.96. The van der Waals surface area contributed by atoms with E-state index < -0.39 is 35.7 Å². The predicted octanol–water partition coefficient (Wildman–Crippen LogP) is 0.605. The van der Waals surface area contributed by atoms with Gasteiger partial charge in [0.15, 0.2) is 0 Å². The first-order valence-corrected chi connectivity index (χ1v) is 11.1. The molecule has 2 aromatic rings. The van der Waals surface area contributed by atoms with Gasteiger partial charge in [0.05, 0.1) is 12.8 Å². The van der Waals surface area contributed by atoms with Crippen LogP contribution in [0, 0.1) is 0 Å². The standard InChI is InChI=1S/C15H19ClN4O6S2/c1-17-27(22,23)13-7-20(8-14(13)28(24,25)18-2)9-15(21)19-11-6-10(16)4-5-12(11)26-3/h4-8,17-18H,9H2,1-3H3,(H,19,21). The molecule has 0 aliphatic rings. The van der Waals surface area contributed by atoms with Gasteiger partial charge in [0.25, 0.3) is 0 Å². The Morgan fingerprint density at radius 3 is 2.07 bits per heavy atom. The van der Waals surface area contributed by atoms with Crippen LogP contribution in [0.25, 0.3) is 0 Å². The fourth-order valence-electron chi connectivity index (χ4n) is 2.31. The molecule has 0 bridgehead atoms. The van der Waals surface area contributed by atoms with Crippen molar-refractivity contribution in [1.82, 2.24) is 14.0 Å². The average molecular weight is 451 g/mol. The molecule has 0 atom stereocenters. The molecule has 0 aliphatic heterocycles. The summed E-state index contributed by atoms with van der Waals surface area (Å²) >= 11 is 5.91. The molecular weight excluding hydrogens is 432 g/mol. The van der Waals surface area contributed by atoms with Crippen LogP contribution in [0.4, 0.5) is 5.69 Å². The smallest absolute Gasteiger partial charge is 0.244 e. The van der Waals surface area contributed by atoms with E-state index in [2.05, 4.69) is 14.8 Å². The lowest BCUT2D eigenvalue weighted by atomic mass is 10.3. The molecule has 154 valence electrons. The number of nitrogens with one attached hydrogen (secondary N) is 3. The van der Waals surface area contributed by atoms with Gasteiger partial charge in [-0.3, -0.25) is 4.79 Å². The first-order valence-electron chi connectivity index (χ1n) is 7.74. The van der Waals surface area contributed by atoms with Gasteiger partial charge in [-0.05, 0) is 32.3 Å². The quantitative estimate of drug-likeness (QED) is 0.539. The average Bonchev–Trinajstić information content (AvgIpc) is 3.07. The zero-order valence-electron chi connectivity index (χ0n) is 15.2. The molecule has 0 saturated carbocycles. The fourth-order valence-corrected chi connectivity index (χ4v) is 4.77. The summed E-state index contributed by atoms with van der Waals surface area (Å²) in [7, 11) is -4.41. The highest BCUT2D eigenvalue weighted by Gasteiger charge is 2.27. The Morgan fingerprint density at radius 2 is 1.61 bits per heavy atom. The van der Waals surface area contributed by atoms with Gasteiger partial charge in [0, 0.05) is 17.4 Å². The number of carbonyl (C=O) groups excluding carboxylic acids is 1. The van der Waals surface area contributed by atoms with Crippen LogP contribution in [-0.4, -0.2) is 48.5 Å². The minimum absolute atomic E-state index is 0.318. The third-order valence-electron chi connectivity index (χ3n) is 3.69. The van der Waals surface area contributed by atoms with Crippen LogP contribution in [0.5, 0.6) is 5.75 Å². The summed E-state index contributed by atoms with van der Waals surface area (Å²) in [5.41, 5.74) is 0.318. The minimum atomic E-state index is -4.07. The number of carbonyl (C=O) groups is 1. The molecule has 0 saturated heterocycles. The summed E-state index contributed by atoms with van der Waals surface area (Å²) < 4.78 is 59.0. The summed E-state index contributed by atoms with van der Waals surface area (Å²) in [6.45, 7) is -0.346. The first kappa shape index (κ1) is 22.2. The SMILES string of the molecule is CNS(=O)(=O)c1cn(CC(=O)Nc2cc(Cl)ccc2OC)cc1S(=O)(=O)NC. The fraction of sp³-hybridized carbons (Fsp3) is 0.267. The van der Waals surface area contributed by atoms with Crippen LogP contribution in [0.3, 0.4) is 0 Å². The maximum atomic E-state index is 12.4. The number of rotatable bonds is 8. The number of amides is 1. The second-order valence-electron chi connectivity index (χ2n) is 5.47.